The van der Waals surface area contributed by atoms with E-state index >= 15 is 0 Å². The van der Waals surface area contributed by atoms with Gasteiger partial charge in [-0.25, -0.2) is 0 Å². The zero-order valence-corrected chi connectivity index (χ0v) is 11.8. The van der Waals surface area contributed by atoms with Crippen LogP contribution in [-0.4, -0.2) is 28.2 Å². The highest BCUT2D eigenvalue weighted by Crippen LogP contribution is 2.24. The van der Waals surface area contributed by atoms with Crippen molar-refractivity contribution in [3.8, 4) is 0 Å². The predicted octanol–water partition coefficient (Wildman–Crippen LogP) is 2.55. The van der Waals surface area contributed by atoms with Crippen molar-refractivity contribution >= 4 is 34.0 Å². The maximum atomic E-state index is 12.0. The molecule has 19 heavy (non-hydrogen) atoms. The third-order valence-corrected chi connectivity index (χ3v) is 3.68. The van der Waals surface area contributed by atoms with Gasteiger partial charge in [0, 0.05) is 19.5 Å². The van der Waals surface area contributed by atoms with Crippen LogP contribution in [0.25, 0.3) is 0 Å². The van der Waals surface area contributed by atoms with Gasteiger partial charge in [0.25, 0.3) is 5.91 Å². The predicted molar refractivity (Wildman–Crippen MR) is 72.5 cm³/mol. The highest BCUT2D eigenvalue weighted by atomic mass is 35.5. The molecule has 6 nitrogen and oxygen atoms in total. The zero-order chi connectivity index (χ0) is 13.8. The molecular formula is C11H11ClN4O2S. The molecule has 1 atom stereocenters. The summed E-state index contributed by atoms with van der Waals surface area (Å²) >= 11 is 7.14. The second kappa shape index (κ2) is 6.05. The Morgan fingerprint density at radius 1 is 1.53 bits per heavy atom. The number of hydrogen-bond donors (Lipinski definition) is 1. The van der Waals surface area contributed by atoms with Crippen LogP contribution in [-0.2, 0) is 4.74 Å². The van der Waals surface area contributed by atoms with Crippen LogP contribution in [0.2, 0.25) is 5.02 Å². The summed E-state index contributed by atoms with van der Waals surface area (Å²) in [5.74, 6) is -0.347. The maximum absolute atomic E-state index is 12.0. The van der Waals surface area contributed by atoms with Crippen LogP contribution >= 0.6 is 22.9 Å². The number of nitrogens with zero attached hydrogens (tertiary/aromatic N) is 3. The largest absolute Gasteiger partial charge is 0.374 e. The van der Waals surface area contributed by atoms with E-state index in [0.29, 0.717) is 15.7 Å². The number of nitrogens with one attached hydrogen (secondary N) is 1. The van der Waals surface area contributed by atoms with Gasteiger partial charge in [-0.15, -0.1) is 10.2 Å². The first kappa shape index (κ1) is 13.9. The third-order valence-electron chi connectivity index (χ3n) is 2.38. The van der Waals surface area contributed by atoms with Crippen molar-refractivity contribution in [1.29, 1.82) is 0 Å². The zero-order valence-electron chi connectivity index (χ0n) is 10.3. The summed E-state index contributed by atoms with van der Waals surface area (Å²) in [6, 6.07) is 1.54. The fourth-order valence-electron chi connectivity index (χ4n) is 1.27. The molecule has 0 aliphatic rings. The van der Waals surface area contributed by atoms with Crippen molar-refractivity contribution in [3.05, 3.63) is 34.1 Å². The molecule has 0 radical (unpaired) electrons. The Hall–Kier alpha value is -1.57. The molecule has 1 amide bonds. The summed E-state index contributed by atoms with van der Waals surface area (Å²) in [6.07, 6.45) is 2.75. The molecule has 2 heterocycles. The van der Waals surface area contributed by atoms with E-state index < -0.39 is 0 Å². The highest BCUT2D eigenvalue weighted by molar-refractivity contribution is 7.15. The molecule has 0 saturated carbocycles. The number of methoxy groups -OCH3 is 1. The first-order valence-electron chi connectivity index (χ1n) is 5.39. The molecule has 0 aliphatic heterocycles. The lowest BCUT2D eigenvalue weighted by Crippen LogP contribution is -2.12. The van der Waals surface area contributed by atoms with Crippen LogP contribution in [0.1, 0.15) is 28.4 Å². The first-order chi connectivity index (χ1) is 9.11. The number of amides is 1. The average molecular weight is 299 g/mol. The molecule has 100 valence electrons. The van der Waals surface area contributed by atoms with Crippen molar-refractivity contribution < 1.29 is 9.53 Å². The second-order valence-corrected chi connectivity index (χ2v) is 5.05. The van der Waals surface area contributed by atoms with Gasteiger partial charge in [-0.1, -0.05) is 22.9 Å². The van der Waals surface area contributed by atoms with Crippen LogP contribution in [0, 0.1) is 0 Å². The van der Waals surface area contributed by atoms with Gasteiger partial charge in [0.1, 0.15) is 11.1 Å². The van der Waals surface area contributed by atoms with Gasteiger partial charge < -0.3 is 4.74 Å². The first-order valence-corrected chi connectivity index (χ1v) is 6.58. The fraction of sp³-hybridized carbons (Fsp3) is 0.273. The van der Waals surface area contributed by atoms with E-state index in [2.05, 4.69) is 20.5 Å². The molecule has 8 heteroatoms. The van der Waals surface area contributed by atoms with Crippen LogP contribution in [0.5, 0.6) is 0 Å². The van der Waals surface area contributed by atoms with E-state index in [-0.39, 0.29) is 17.0 Å². The van der Waals surface area contributed by atoms with E-state index in [9.17, 15) is 4.79 Å². The quantitative estimate of drug-likeness (QED) is 0.938. The number of rotatable bonds is 4. The van der Waals surface area contributed by atoms with Gasteiger partial charge in [-0.2, -0.15) is 0 Å². The molecule has 1 N–H and O–H groups in total. The molecule has 1 unspecified atom stereocenters. The smallest absolute Gasteiger partial charge is 0.259 e. The van der Waals surface area contributed by atoms with E-state index in [1.165, 1.54) is 29.8 Å². The van der Waals surface area contributed by atoms with E-state index in [1.54, 1.807) is 7.11 Å². The Kier molecular flexibility index (Phi) is 4.41. The third kappa shape index (κ3) is 3.25. The minimum atomic E-state index is -0.347. The van der Waals surface area contributed by atoms with Gasteiger partial charge in [-0.05, 0) is 13.0 Å². The summed E-state index contributed by atoms with van der Waals surface area (Å²) in [5, 5.41) is 11.8. The number of aromatic nitrogens is 3. The van der Waals surface area contributed by atoms with Crippen molar-refractivity contribution in [2.24, 2.45) is 0 Å². The lowest BCUT2D eigenvalue weighted by molar-refractivity contribution is 0.102. The second-order valence-electron chi connectivity index (χ2n) is 3.63. The topological polar surface area (TPSA) is 77.0 Å². The Morgan fingerprint density at radius 2 is 2.32 bits per heavy atom. The Bertz CT molecular complexity index is 590. The summed E-state index contributed by atoms with van der Waals surface area (Å²) in [7, 11) is 1.58. The minimum Gasteiger partial charge on any atom is -0.374 e. The summed E-state index contributed by atoms with van der Waals surface area (Å²) in [4.78, 5) is 15.8. The van der Waals surface area contributed by atoms with Crippen molar-refractivity contribution in [2.75, 3.05) is 12.4 Å². The van der Waals surface area contributed by atoms with Gasteiger partial charge in [0.05, 0.1) is 10.6 Å². The molecule has 2 aromatic heterocycles. The number of hydrogen-bond acceptors (Lipinski definition) is 6. The van der Waals surface area contributed by atoms with Gasteiger partial charge >= 0.3 is 0 Å². The van der Waals surface area contributed by atoms with Crippen LogP contribution in [0.4, 0.5) is 5.13 Å². The summed E-state index contributed by atoms with van der Waals surface area (Å²) < 4.78 is 5.12. The van der Waals surface area contributed by atoms with Crippen molar-refractivity contribution in [1.82, 2.24) is 15.2 Å². The maximum Gasteiger partial charge on any atom is 0.259 e. The van der Waals surface area contributed by atoms with Gasteiger partial charge in [0.15, 0.2) is 0 Å². The molecule has 0 saturated heterocycles. The molecule has 0 bridgehead atoms. The molecule has 0 aliphatic carbocycles. The Balaban J connectivity index is 2.11. The van der Waals surface area contributed by atoms with Crippen LogP contribution in [0.15, 0.2) is 18.5 Å². The Morgan fingerprint density at radius 3 is 3.00 bits per heavy atom. The van der Waals surface area contributed by atoms with Crippen molar-refractivity contribution in [2.45, 2.75) is 13.0 Å². The standard InChI is InChI=1S/C11H11ClN4O2S/c1-6(18-2)10-15-16-11(19-10)14-9(17)7-3-4-13-5-8(7)12/h3-6H,1-2H3,(H,14,16,17). The average Bonchev–Trinajstić information content (AvgIpc) is 2.86. The fourth-order valence-corrected chi connectivity index (χ4v) is 2.25. The Labute approximate surface area is 118 Å². The lowest BCUT2D eigenvalue weighted by atomic mass is 10.2. The minimum absolute atomic E-state index is 0.160. The van der Waals surface area contributed by atoms with Crippen LogP contribution < -0.4 is 5.32 Å². The highest BCUT2D eigenvalue weighted by Gasteiger charge is 2.15. The van der Waals surface area contributed by atoms with E-state index in [4.69, 9.17) is 16.3 Å². The SMILES string of the molecule is COC(C)c1nnc(NC(=O)c2ccncc2Cl)s1. The van der Waals surface area contributed by atoms with Crippen LogP contribution in [0.3, 0.4) is 0 Å². The monoisotopic (exact) mass is 298 g/mol. The molecular weight excluding hydrogens is 288 g/mol. The van der Waals surface area contributed by atoms with Gasteiger partial charge in [0.2, 0.25) is 5.13 Å². The number of ether oxygens (including phenoxy) is 1. The number of carbonyl (C=O) groups excluding carboxylic acids is 1. The van der Waals surface area contributed by atoms with E-state index in [0.717, 1.165) is 0 Å². The lowest BCUT2D eigenvalue weighted by Gasteiger charge is -2.03. The van der Waals surface area contributed by atoms with Gasteiger partial charge in [-0.3, -0.25) is 15.1 Å². The molecule has 0 spiro atoms. The number of pyridine rings is 1. The van der Waals surface area contributed by atoms with E-state index in [1.807, 2.05) is 6.92 Å². The summed E-state index contributed by atoms with van der Waals surface area (Å²) in [6.45, 7) is 1.85. The molecule has 2 aromatic rings. The van der Waals surface area contributed by atoms with Crippen molar-refractivity contribution in [3.63, 3.8) is 0 Å². The normalized spacial score (nSPS) is 12.2. The number of anilines is 1. The molecule has 0 fully saturated rings. The molecule has 0 aromatic carbocycles. The number of carbonyl (C=O) groups is 1. The molecule has 2 rings (SSSR count). The number of halogens is 1. The summed E-state index contributed by atoms with van der Waals surface area (Å²) in [5.41, 5.74) is 0.341.